The fraction of sp³-hybridized carbons (Fsp3) is 0.278. The molecule has 0 saturated carbocycles. The number of carbonyl (C=O) groups excluding carboxylic acids is 1. The summed E-state index contributed by atoms with van der Waals surface area (Å²) in [4.78, 5) is 12.6. The summed E-state index contributed by atoms with van der Waals surface area (Å²) in [6.45, 7) is 5.26. The van der Waals surface area contributed by atoms with E-state index in [2.05, 4.69) is 5.32 Å². The van der Waals surface area contributed by atoms with Crippen molar-refractivity contribution in [1.29, 1.82) is 0 Å². The maximum atomic E-state index is 12.6. The Labute approximate surface area is 153 Å². The van der Waals surface area contributed by atoms with Gasteiger partial charge in [0.25, 0.3) is 0 Å². The van der Waals surface area contributed by atoms with Gasteiger partial charge in [0.2, 0.25) is 15.9 Å². The van der Waals surface area contributed by atoms with Crippen LogP contribution in [0.3, 0.4) is 0 Å². The summed E-state index contributed by atoms with van der Waals surface area (Å²) < 4.78 is 25.9. The smallest absolute Gasteiger partial charge is 0.247 e. The molecule has 2 rings (SSSR count). The predicted molar refractivity (Wildman–Crippen MR) is 103 cm³/mol. The number of sulfonamides is 1. The number of hydrogen-bond acceptors (Lipinski definition) is 3. The van der Waals surface area contributed by atoms with Crippen LogP contribution >= 0.6 is 11.6 Å². The Kier molecular flexibility index (Phi) is 5.75. The molecule has 0 heterocycles. The van der Waals surface area contributed by atoms with Gasteiger partial charge in [-0.1, -0.05) is 23.7 Å². The van der Waals surface area contributed by atoms with Gasteiger partial charge < -0.3 is 5.32 Å². The van der Waals surface area contributed by atoms with Crippen LogP contribution in [-0.2, 0) is 14.8 Å². The highest BCUT2D eigenvalue weighted by atomic mass is 35.5. The molecule has 1 amide bonds. The Morgan fingerprint density at radius 1 is 1.12 bits per heavy atom. The molecular formula is C18H21ClN2O3S. The number of aryl methyl sites for hydroxylation is 2. The lowest BCUT2D eigenvalue weighted by atomic mass is 10.1. The lowest BCUT2D eigenvalue weighted by Crippen LogP contribution is -2.45. The van der Waals surface area contributed by atoms with Crippen molar-refractivity contribution in [2.45, 2.75) is 26.8 Å². The third-order valence-electron chi connectivity index (χ3n) is 3.80. The van der Waals surface area contributed by atoms with E-state index in [0.717, 1.165) is 21.7 Å². The van der Waals surface area contributed by atoms with Crippen molar-refractivity contribution in [3.63, 3.8) is 0 Å². The minimum atomic E-state index is -3.65. The van der Waals surface area contributed by atoms with E-state index in [0.29, 0.717) is 16.4 Å². The van der Waals surface area contributed by atoms with Gasteiger partial charge in [0.15, 0.2) is 0 Å². The van der Waals surface area contributed by atoms with Crippen molar-refractivity contribution >= 4 is 38.9 Å². The summed E-state index contributed by atoms with van der Waals surface area (Å²) in [7, 11) is -3.65. The number of nitrogens with one attached hydrogen (secondary N) is 1. The molecule has 0 aliphatic heterocycles. The molecule has 0 saturated heterocycles. The number of hydrogen-bond donors (Lipinski definition) is 1. The Bertz CT molecular complexity index is 880. The fourth-order valence-corrected chi connectivity index (χ4v) is 3.87. The molecule has 0 radical (unpaired) electrons. The van der Waals surface area contributed by atoms with Crippen LogP contribution in [0.5, 0.6) is 0 Å². The van der Waals surface area contributed by atoms with Gasteiger partial charge in [0.05, 0.1) is 11.9 Å². The Morgan fingerprint density at radius 2 is 1.72 bits per heavy atom. The number of amides is 1. The monoisotopic (exact) mass is 380 g/mol. The highest BCUT2D eigenvalue weighted by Crippen LogP contribution is 2.26. The fourth-order valence-electron chi connectivity index (χ4n) is 2.52. The zero-order valence-electron chi connectivity index (χ0n) is 14.6. The van der Waals surface area contributed by atoms with E-state index < -0.39 is 22.0 Å². The molecule has 7 heteroatoms. The molecule has 0 bridgehead atoms. The maximum Gasteiger partial charge on any atom is 0.247 e. The Hall–Kier alpha value is -2.05. The van der Waals surface area contributed by atoms with Crippen molar-refractivity contribution in [2.75, 3.05) is 15.9 Å². The summed E-state index contributed by atoms with van der Waals surface area (Å²) in [6, 6.07) is 11.2. The zero-order chi connectivity index (χ0) is 18.8. The standard InChI is InChI=1S/C18H21ClN2O3S/c1-12-5-6-13(2)17(11-12)21(25(4,23)24)14(3)18(22)20-16-9-7-15(19)8-10-16/h5-11,14H,1-4H3,(H,20,22)/t14-/m0/s1. The normalized spacial score (nSPS) is 12.5. The van der Waals surface area contributed by atoms with Crippen molar-refractivity contribution < 1.29 is 13.2 Å². The van der Waals surface area contributed by atoms with Crippen LogP contribution in [-0.4, -0.2) is 26.6 Å². The number of rotatable bonds is 5. The minimum Gasteiger partial charge on any atom is -0.324 e. The summed E-state index contributed by atoms with van der Waals surface area (Å²) in [5, 5.41) is 3.28. The average Bonchev–Trinajstić information content (AvgIpc) is 2.51. The van der Waals surface area contributed by atoms with E-state index in [4.69, 9.17) is 11.6 Å². The molecule has 0 fully saturated rings. The van der Waals surface area contributed by atoms with Crippen LogP contribution < -0.4 is 9.62 Å². The van der Waals surface area contributed by atoms with Gasteiger partial charge in [-0.15, -0.1) is 0 Å². The second-order valence-corrected chi connectivity index (χ2v) is 8.32. The van der Waals surface area contributed by atoms with Crippen LogP contribution in [0.2, 0.25) is 5.02 Å². The molecule has 2 aromatic rings. The van der Waals surface area contributed by atoms with E-state index in [9.17, 15) is 13.2 Å². The number of nitrogens with zero attached hydrogens (tertiary/aromatic N) is 1. The zero-order valence-corrected chi connectivity index (χ0v) is 16.1. The highest BCUT2D eigenvalue weighted by molar-refractivity contribution is 7.92. The Balaban J connectivity index is 2.36. The first-order chi connectivity index (χ1) is 11.6. The number of halogens is 1. The first kappa shape index (κ1) is 19.3. The summed E-state index contributed by atoms with van der Waals surface area (Å²) in [5.74, 6) is -0.423. The van der Waals surface area contributed by atoms with E-state index >= 15 is 0 Å². The number of benzene rings is 2. The lowest BCUT2D eigenvalue weighted by molar-refractivity contribution is -0.116. The summed E-state index contributed by atoms with van der Waals surface area (Å²) >= 11 is 5.83. The van der Waals surface area contributed by atoms with Gasteiger partial charge in [0, 0.05) is 10.7 Å². The predicted octanol–water partition coefficient (Wildman–Crippen LogP) is 3.75. The average molecular weight is 381 g/mol. The van der Waals surface area contributed by atoms with E-state index in [-0.39, 0.29) is 0 Å². The largest absolute Gasteiger partial charge is 0.324 e. The second kappa shape index (κ2) is 7.45. The van der Waals surface area contributed by atoms with Crippen LogP contribution in [0.15, 0.2) is 42.5 Å². The number of carbonyl (C=O) groups is 1. The first-order valence-electron chi connectivity index (χ1n) is 7.72. The molecule has 25 heavy (non-hydrogen) atoms. The van der Waals surface area contributed by atoms with E-state index in [1.807, 2.05) is 26.0 Å². The molecule has 5 nitrogen and oxygen atoms in total. The summed E-state index contributed by atoms with van der Waals surface area (Å²) in [6.07, 6.45) is 1.10. The third-order valence-corrected chi connectivity index (χ3v) is 5.28. The molecule has 1 atom stereocenters. The van der Waals surface area contributed by atoms with Gasteiger partial charge in [-0.2, -0.15) is 0 Å². The topological polar surface area (TPSA) is 66.5 Å². The minimum absolute atomic E-state index is 0.423. The van der Waals surface area contributed by atoms with E-state index in [1.165, 1.54) is 0 Å². The highest BCUT2D eigenvalue weighted by Gasteiger charge is 2.30. The molecular weight excluding hydrogens is 360 g/mol. The maximum absolute atomic E-state index is 12.6. The molecule has 134 valence electrons. The van der Waals surface area contributed by atoms with Gasteiger partial charge in [-0.05, 0) is 62.2 Å². The van der Waals surface area contributed by atoms with E-state index in [1.54, 1.807) is 37.3 Å². The molecule has 2 aromatic carbocycles. The molecule has 0 aromatic heterocycles. The lowest BCUT2D eigenvalue weighted by Gasteiger charge is -2.29. The SMILES string of the molecule is Cc1ccc(C)c(N([C@@H](C)C(=O)Nc2ccc(Cl)cc2)S(C)(=O)=O)c1. The second-order valence-electron chi connectivity index (χ2n) is 6.02. The van der Waals surface area contributed by atoms with Crippen LogP contribution in [0.4, 0.5) is 11.4 Å². The van der Waals surface area contributed by atoms with Crippen molar-refractivity contribution in [1.82, 2.24) is 0 Å². The van der Waals surface area contributed by atoms with Gasteiger partial charge >= 0.3 is 0 Å². The van der Waals surface area contributed by atoms with Crippen molar-refractivity contribution in [2.24, 2.45) is 0 Å². The Morgan fingerprint density at radius 3 is 2.28 bits per heavy atom. The first-order valence-corrected chi connectivity index (χ1v) is 9.95. The quantitative estimate of drug-likeness (QED) is 0.858. The molecule has 1 N–H and O–H groups in total. The van der Waals surface area contributed by atoms with Gasteiger partial charge in [-0.3, -0.25) is 9.10 Å². The van der Waals surface area contributed by atoms with Crippen molar-refractivity contribution in [3.05, 3.63) is 58.6 Å². The number of anilines is 2. The molecule has 0 aliphatic carbocycles. The molecule has 0 unspecified atom stereocenters. The van der Waals surface area contributed by atoms with Gasteiger partial charge in [0.1, 0.15) is 6.04 Å². The molecule has 0 spiro atoms. The molecule has 0 aliphatic rings. The summed E-state index contributed by atoms with van der Waals surface area (Å²) in [5.41, 5.74) is 2.75. The van der Waals surface area contributed by atoms with Crippen LogP contribution in [0.1, 0.15) is 18.1 Å². The van der Waals surface area contributed by atoms with Crippen molar-refractivity contribution in [3.8, 4) is 0 Å². The van der Waals surface area contributed by atoms with Crippen LogP contribution in [0.25, 0.3) is 0 Å². The van der Waals surface area contributed by atoms with Gasteiger partial charge in [-0.25, -0.2) is 8.42 Å². The van der Waals surface area contributed by atoms with Crippen LogP contribution in [0, 0.1) is 13.8 Å². The third kappa shape index (κ3) is 4.74.